The van der Waals surface area contributed by atoms with Crippen LogP contribution >= 0.6 is 0 Å². The van der Waals surface area contributed by atoms with Gasteiger partial charge in [0.15, 0.2) is 9.84 Å². The number of nitrogens with one attached hydrogen (secondary N) is 1. The number of likely N-dealkylation sites (N-methyl/N-ethyl adjacent to an activating group) is 1. The number of alkyl halides is 3. The molecule has 11 heteroatoms. The second-order valence-corrected chi connectivity index (χ2v) is 9.68. The smallest absolute Gasteiger partial charge is 0.417 e. The molecular weight excluding hydrogens is 411 g/mol. The molecule has 1 aliphatic rings. The van der Waals surface area contributed by atoms with Crippen molar-refractivity contribution in [1.82, 2.24) is 10.2 Å². The van der Waals surface area contributed by atoms with Crippen molar-refractivity contribution >= 4 is 15.9 Å². The molecule has 160 valence electrons. The Hall–Kier alpha value is -2.32. The average molecular weight is 433 g/mol. The number of hydrogen-bond acceptors (Lipinski definition) is 6. The molecule has 1 amide bonds. The van der Waals surface area contributed by atoms with Gasteiger partial charge in [-0.2, -0.15) is 18.4 Å². The normalized spacial score (nSPS) is 18.1. The molecule has 0 bridgehead atoms. The number of amides is 1. The van der Waals surface area contributed by atoms with Crippen LogP contribution in [-0.2, 0) is 20.8 Å². The minimum absolute atomic E-state index is 0.120. The molecule has 0 aromatic heterocycles. The largest absolute Gasteiger partial charge is 0.444 e. The van der Waals surface area contributed by atoms with Gasteiger partial charge in [-0.1, -0.05) is 6.07 Å². The SMILES string of the molecule is CN(CCNC1CS(=O)(=O)c2c1ccc(C(F)(F)F)c2C#N)C(=O)OC(C)(C)C. The van der Waals surface area contributed by atoms with E-state index in [9.17, 15) is 31.6 Å². The third kappa shape index (κ3) is 5.19. The number of sulfone groups is 1. The maximum atomic E-state index is 13.1. The second-order valence-electron chi connectivity index (χ2n) is 7.71. The summed E-state index contributed by atoms with van der Waals surface area (Å²) >= 11 is 0. The maximum absolute atomic E-state index is 13.1. The van der Waals surface area contributed by atoms with Gasteiger partial charge in [-0.05, 0) is 32.4 Å². The Kier molecular flexibility index (Phi) is 6.20. The van der Waals surface area contributed by atoms with Crippen LogP contribution in [0.2, 0.25) is 0 Å². The van der Waals surface area contributed by atoms with Gasteiger partial charge in [0.25, 0.3) is 0 Å². The third-order valence-corrected chi connectivity index (χ3v) is 6.05. The molecule has 1 aromatic carbocycles. The minimum atomic E-state index is -4.84. The molecule has 1 heterocycles. The van der Waals surface area contributed by atoms with Gasteiger partial charge < -0.3 is 15.0 Å². The highest BCUT2D eigenvalue weighted by Gasteiger charge is 2.42. The zero-order valence-electron chi connectivity index (χ0n) is 16.4. The zero-order valence-corrected chi connectivity index (χ0v) is 17.2. The summed E-state index contributed by atoms with van der Waals surface area (Å²) in [6.45, 7) is 5.53. The van der Waals surface area contributed by atoms with Gasteiger partial charge in [0.05, 0.1) is 21.8 Å². The van der Waals surface area contributed by atoms with E-state index in [2.05, 4.69) is 5.32 Å². The number of nitriles is 1. The van der Waals surface area contributed by atoms with Crippen LogP contribution in [-0.4, -0.2) is 50.9 Å². The summed E-state index contributed by atoms with van der Waals surface area (Å²) in [6, 6.07) is 2.42. The Morgan fingerprint density at radius 2 is 1.97 bits per heavy atom. The molecule has 2 rings (SSSR count). The molecule has 1 N–H and O–H groups in total. The number of nitrogens with zero attached hydrogens (tertiary/aromatic N) is 2. The maximum Gasteiger partial charge on any atom is 0.417 e. The second kappa shape index (κ2) is 7.84. The number of hydrogen-bond donors (Lipinski definition) is 1. The van der Waals surface area contributed by atoms with E-state index in [-0.39, 0.29) is 18.7 Å². The van der Waals surface area contributed by atoms with Crippen molar-refractivity contribution in [3.8, 4) is 6.07 Å². The van der Waals surface area contributed by atoms with Crippen molar-refractivity contribution in [2.75, 3.05) is 25.9 Å². The molecule has 0 saturated carbocycles. The summed E-state index contributed by atoms with van der Waals surface area (Å²) in [5.41, 5.74) is -2.70. The van der Waals surface area contributed by atoms with Crippen molar-refractivity contribution in [2.24, 2.45) is 0 Å². The fraction of sp³-hybridized carbons (Fsp3) is 0.556. The number of fused-ring (bicyclic) bond motifs is 1. The number of ether oxygens (including phenoxy) is 1. The molecule has 0 saturated heterocycles. The third-order valence-electron chi connectivity index (χ3n) is 4.22. The van der Waals surface area contributed by atoms with Crippen LogP contribution in [0.3, 0.4) is 0 Å². The van der Waals surface area contributed by atoms with Crippen LogP contribution < -0.4 is 5.32 Å². The van der Waals surface area contributed by atoms with Crippen molar-refractivity contribution in [3.05, 3.63) is 28.8 Å². The van der Waals surface area contributed by atoms with Gasteiger partial charge in [-0.25, -0.2) is 13.2 Å². The molecule has 0 fully saturated rings. The summed E-state index contributed by atoms with van der Waals surface area (Å²) < 4.78 is 69.5. The minimum Gasteiger partial charge on any atom is -0.444 e. The summed E-state index contributed by atoms with van der Waals surface area (Å²) in [4.78, 5) is 12.7. The zero-order chi connectivity index (χ0) is 22.2. The van der Waals surface area contributed by atoms with Crippen LogP contribution in [0, 0.1) is 11.3 Å². The molecule has 1 aromatic rings. The molecule has 1 atom stereocenters. The van der Waals surface area contributed by atoms with E-state index in [0.717, 1.165) is 12.1 Å². The number of halogens is 3. The van der Waals surface area contributed by atoms with E-state index >= 15 is 0 Å². The van der Waals surface area contributed by atoms with Crippen molar-refractivity contribution in [3.63, 3.8) is 0 Å². The van der Waals surface area contributed by atoms with Crippen molar-refractivity contribution in [2.45, 2.75) is 43.5 Å². The topological polar surface area (TPSA) is 99.5 Å². The Labute approximate surface area is 167 Å². The molecule has 29 heavy (non-hydrogen) atoms. The summed E-state index contributed by atoms with van der Waals surface area (Å²) in [5.74, 6) is -0.464. The Morgan fingerprint density at radius 3 is 2.48 bits per heavy atom. The van der Waals surface area contributed by atoms with Crippen molar-refractivity contribution < 1.29 is 31.1 Å². The highest BCUT2D eigenvalue weighted by molar-refractivity contribution is 7.91. The fourth-order valence-corrected chi connectivity index (χ4v) is 4.89. The number of carbonyl (C=O) groups excluding carboxylic acids is 1. The van der Waals surface area contributed by atoms with E-state index in [4.69, 9.17) is 4.74 Å². The Morgan fingerprint density at radius 1 is 1.34 bits per heavy atom. The highest BCUT2D eigenvalue weighted by Crippen LogP contribution is 2.41. The van der Waals surface area contributed by atoms with Gasteiger partial charge in [0, 0.05) is 26.2 Å². The van der Waals surface area contributed by atoms with Gasteiger partial charge in [0.2, 0.25) is 0 Å². The first-order chi connectivity index (χ1) is 13.2. The van der Waals surface area contributed by atoms with Gasteiger partial charge in [0.1, 0.15) is 11.7 Å². The Bertz CT molecular complexity index is 947. The molecule has 0 spiro atoms. The fourth-order valence-electron chi connectivity index (χ4n) is 2.95. The summed E-state index contributed by atoms with van der Waals surface area (Å²) in [6.07, 6.45) is -5.39. The summed E-state index contributed by atoms with van der Waals surface area (Å²) in [5, 5.41) is 12.1. The predicted molar refractivity (Wildman–Crippen MR) is 97.8 cm³/mol. The summed E-state index contributed by atoms with van der Waals surface area (Å²) in [7, 11) is -2.55. The standard InChI is InChI=1S/C18H22F3N3O4S/c1-17(2,3)28-16(25)24(4)8-7-23-14-10-29(26,27)15-11(14)5-6-13(12(15)9-22)18(19,20)21/h5-6,14,23H,7-8,10H2,1-4H3. The molecule has 0 radical (unpaired) electrons. The van der Waals surface area contributed by atoms with Gasteiger partial charge in [-0.15, -0.1) is 0 Å². The highest BCUT2D eigenvalue weighted by atomic mass is 32.2. The predicted octanol–water partition coefficient (Wildman–Crippen LogP) is 2.86. The van der Waals surface area contributed by atoms with E-state index in [1.165, 1.54) is 18.0 Å². The van der Waals surface area contributed by atoms with Crippen LogP contribution in [0.1, 0.15) is 43.5 Å². The van der Waals surface area contributed by atoms with E-state index in [1.54, 1.807) is 20.8 Å². The molecule has 1 aliphatic heterocycles. The lowest BCUT2D eigenvalue weighted by molar-refractivity contribution is -0.137. The van der Waals surface area contributed by atoms with Crippen LogP contribution in [0.15, 0.2) is 17.0 Å². The first-order valence-corrected chi connectivity index (χ1v) is 10.4. The quantitative estimate of drug-likeness (QED) is 0.784. The molecular formula is C18H22F3N3O4S. The van der Waals surface area contributed by atoms with Gasteiger partial charge >= 0.3 is 12.3 Å². The lowest BCUT2D eigenvalue weighted by Gasteiger charge is -2.25. The molecule has 7 nitrogen and oxygen atoms in total. The molecule has 0 aliphatic carbocycles. The number of carbonyl (C=O) groups is 1. The lowest BCUT2D eigenvalue weighted by atomic mass is 10.0. The first-order valence-electron chi connectivity index (χ1n) is 8.72. The van der Waals surface area contributed by atoms with E-state index in [1.807, 2.05) is 0 Å². The first kappa shape index (κ1) is 23.0. The lowest BCUT2D eigenvalue weighted by Crippen LogP contribution is -2.38. The van der Waals surface area contributed by atoms with Crippen LogP contribution in [0.4, 0.5) is 18.0 Å². The average Bonchev–Trinajstić information content (AvgIpc) is 2.82. The van der Waals surface area contributed by atoms with E-state index in [0.29, 0.717) is 0 Å². The van der Waals surface area contributed by atoms with Crippen molar-refractivity contribution in [1.29, 1.82) is 5.26 Å². The number of rotatable bonds is 4. The van der Waals surface area contributed by atoms with Crippen LogP contribution in [0.5, 0.6) is 0 Å². The number of benzene rings is 1. The van der Waals surface area contributed by atoms with E-state index < -0.39 is 55.5 Å². The molecule has 1 unspecified atom stereocenters. The Balaban J connectivity index is 2.18. The monoisotopic (exact) mass is 433 g/mol. The van der Waals surface area contributed by atoms with Gasteiger partial charge in [-0.3, -0.25) is 0 Å². The van der Waals surface area contributed by atoms with Crippen LogP contribution in [0.25, 0.3) is 0 Å².